The Morgan fingerprint density at radius 3 is 2.47 bits per heavy atom. The monoisotopic (exact) mass is 283 g/mol. The van der Waals surface area contributed by atoms with Crippen molar-refractivity contribution < 1.29 is 18.3 Å². The van der Waals surface area contributed by atoms with E-state index in [0.29, 0.717) is 4.47 Å². The fourth-order valence-corrected chi connectivity index (χ4v) is 1.60. The molecule has 1 rings (SSSR count). The summed E-state index contributed by atoms with van der Waals surface area (Å²) in [6.07, 6.45) is -4.50. The van der Waals surface area contributed by atoms with Crippen molar-refractivity contribution in [1.82, 2.24) is 0 Å². The molecule has 6 heteroatoms. The van der Waals surface area contributed by atoms with Crippen LogP contribution in [0.15, 0.2) is 22.7 Å². The molecule has 0 amide bonds. The molecule has 0 bridgehead atoms. The summed E-state index contributed by atoms with van der Waals surface area (Å²) < 4.78 is 37.6. The number of alkyl halides is 3. The molecule has 0 aliphatic carbocycles. The van der Waals surface area contributed by atoms with Gasteiger partial charge in [0, 0.05) is 4.47 Å². The molecule has 2 nitrogen and oxygen atoms in total. The van der Waals surface area contributed by atoms with E-state index in [2.05, 4.69) is 15.9 Å². The first-order valence-electron chi connectivity index (χ1n) is 4.07. The van der Waals surface area contributed by atoms with Crippen molar-refractivity contribution in [2.45, 2.75) is 18.8 Å². The van der Waals surface area contributed by atoms with Gasteiger partial charge < -0.3 is 10.8 Å². The van der Waals surface area contributed by atoms with Crippen LogP contribution in [0.1, 0.15) is 17.2 Å². The molecule has 0 fully saturated rings. The quantitative estimate of drug-likeness (QED) is 0.876. The van der Waals surface area contributed by atoms with Crippen LogP contribution >= 0.6 is 15.9 Å². The van der Waals surface area contributed by atoms with Crippen LogP contribution in [-0.2, 0) is 6.61 Å². The van der Waals surface area contributed by atoms with E-state index in [1.165, 1.54) is 18.2 Å². The molecule has 0 saturated carbocycles. The zero-order chi connectivity index (χ0) is 11.6. The van der Waals surface area contributed by atoms with Gasteiger partial charge in [0.05, 0.1) is 6.61 Å². The number of halogens is 4. The highest BCUT2D eigenvalue weighted by molar-refractivity contribution is 9.10. The number of nitrogens with two attached hydrogens (primary N) is 1. The van der Waals surface area contributed by atoms with Crippen molar-refractivity contribution in [2.75, 3.05) is 0 Å². The van der Waals surface area contributed by atoms with Gasteiger partial charge in [0.1, 0.15) is 6.04 Å². The molecule has 0 aliphatic heterocycles. The zero-order valence-corrected chi connectivity index (χ0v) is 9.14. The third kappa shape index (κ3) is 2.93. The number of aliphatic hydroxyl groups excluding tert-OH is 1. The normalized spacial score (nSPS) is 14.0. The van der Waals surface area contributed by atoms with Gasteiger partial charge in [-0.25, -0.2) is 0 Å². The largest absolute Gasteiger partial charge is 0.407 e. The lowest BCUT2D eigenvalue weighted by atomic mass is 10.0. The molecule has 0 unspecified atom stereocenters. The first-order chi connectivity index (χ1) is 6.86. The van der Waals surface area contributed by atoms with E-state index < -0.39 is 18.8 Å². The Hall–Kier alpha value is -0.590. The van der Waals surface area contributed by atoms with Gasteiger partial charge in [-0.05, 0) is 23.3 Å². The van der Waals surface area contributed by atoms with Crippen molar-refractivity contribution in [3.8, 4) is 0 Å². The topological polar surface area (TPSA) is 46.2 Å². The van der Waals surface area contributed by atoms with E-state index in [1.54, 1.807) is 0 Å². The highest BCUT2D eigenvalue weighted by Gasteiger charge is 2.38. The van der Waals surface area contributed by atoms with Crippen LogP contribution in [0.3, 0.4) is 0 Å². The number of aliphatic hydroxyl groups is 1. The van der Waals surface area contributed by atoms with Crippen LogP contribution in [0, 0.1) is 0 Å². The van der Waals surface area contributed by atoms with Crippen molar-refractivity contribution in [1.29, 1.82) is 0 Å². The molecule has 3 N–H and O–H groups in total. The Balaban J connectivity index is 3.14. The fraction of sp³-hybridized carbons (Fsp3) is 0.333. The predicted octanol–water partition coefficient (Wildman–Crippen LogP) is 2.50. The van der Waals surface area contributed by atoms with Crippen LogP contribution in [0.5, 0.6) is 0 Å². The molecule has 0 saturated heterocycles. The number of hydrogen-bond acceptors (Lipinski definition) is 2. The van der Waals surface area contributed by atoms with Crippen LogP contribution in [0.2, 0.25) is 0 Å². The van der Waals surface area contributed by atoms with E-state index in [1.807, 2.05) is 0 Å². The Morgan fingerprint density at radius 1 is 1.40 bits per heavy atom. The standard InChI is InChI=1S/C9H9BrF3NO/c10-6-1-2-7(5(3-6)4-15)8(14)9(11,12)13/h1-3,8,15H,4,14H2/t8-/m1/s1. The number of benzene rings is 1. The zero-order valence-electron chi connectivity index (χ0n) is 7.55. The molecule has 0 heterocycles. The Bertz CT molecular complexity index is 354. The maximum atomic E-state index is 12.3. The van der Waals surface area contributed by atoms with Gasteiger partial charge in [0.15, 0.2) is 0 Å². The minimum absolute atomic E-state index is 0.104. The second kappa shape index (κ2) is 4.51. The summed E-state index contributed by atoms with van der Waals surface area (Å²) in [6, 6.07) is 2.07. The van der Waals surface area contributed by atoms with Crippen LogP contribution in [-0.4, -0.2) is 11.3 Å². The van der Waals surface area contributed by atoms with Crippen LogP contribution in [0.4, 0.5) is 13.2 Å². The maximum absolute atomic E-state index is 12.3. The highest BCUT2D eigenvalue weighted by atomic mass is 79.9. The smallest absolute Gasteiger partial charge is 0.392 e. The van der Waals surface area contributed by atoms with Crippen molar-refractivity contribution in [3.63, 3.8) is 0 Å². The Labute approximate surface area is 93.0 Å². The number of hydrogen-bond donors (Lipinski definition) is 2. The minimum atomic E-state index is -4.50. The van der Waals surface area contributed by atoms with Gasteiger partial charge in [-0.3, -0.25) is 0 Å². The van der Waals surface area contributed by atoms with Crippen LogP contribution < -0.4 is 5.73 Å². The van der Waals surface area contributed by atoms with Gasteiger partial charge in [-0.2, -0.15) is 13.2 Å². The molecule has 0 aromatic heterocycles. The summed E-state index contributed by atoms with van der Waals surface area (Å²) in [5.41, 5.74) is 5.12. The van der Waals surface area contributed by atoms with Gasteiger partial charge >= 0.3 is 6.18 Å². The molecular formula is C9H9BrF3NO. The molecule has 1 aromatic rings. The molecule has 0 aliphatic rings. The van der Waals surface area contributed by atoms with Crippen LogP contribution in [0.25, 0.3) is 0 Å². The van der Waals surface area contributed by atoms with Gasteiger partial charge in [0.2, 0.25) is 0 Å². The van der Waals surface area contributed by atoms with Gasteiger partial charge in [-0.1, -0.05) is 22.0 Å². The molecule has 1 aromatic carbocycles. The minimum Gasteiger partial charge on any atom is -0.392 e. The maximum Gasteiger partial charge on any atom is 0.407 e. The van der Waals surface area contributed by atoms with E-state index in [4.69, 9.17) is 10.8 Å². The van der Waals surface area contributed by atoms with E-state index in [-0.39, 0.29) is 11.1 Å². The fourth-order valence-electron chi connectivity index (χ4n) is 1.19. The predicted molar refractivity (Wildman–Crippen MR) is 53.0 cm³/mol. The average Bonchev–Trinajstić information content (AvgIpc) is 2.15. The third-order valence-electron chi connectivity index (χ3n) is 1.96. The lowest BCUT2D eigenvalue weighted by Crippen LogP contribution is -2.29. The third-order valence-corrected chi connectivity index (χ3v) is 2.46. The molecule has 0 radical (unpaired) electrons. The molecule has 15 heavy (non-hydrogen) atoms. The summed E-state index contributed by atoms with van der Waals surface area (Å²) >= 11 is 3.10. The molecular weight excluding hydrogens is 275 g/mol. The Kier molecular flexibility index (Phi) is 3.75. The summed E-state index contributed by atoms with van der Waals surface area (Å²) in [4.78, 5) is 0. The second-order valence-corrected chi connectivity index (χ2v) is 3.94. The molecule has 0 spiro atoms. The van der Waals surface area contributed by atoms with Gasteiger partial charge in [0.25, 0.3) is 0 Å². The summed E-state index contributed by atoms with van der Waals surface area (Å²) in [6.45, 7) is -0.474. The van der Waals surface area contributed by atoms with E-state index in [0.717, 1.165) is 0 Å². The lowest BCUT2D eigenvalue weighted by Gasteiger charge is -2.18. The first kappa shape index (κ1) is 12.5. The SMILES string of the molecule is N[C@H](c1ccc(Br)cc1CO)C(F)(F)F. The average molecular weight is 284 g/mol. The van der Waals surface area contributed by atoms with Crippen molar-refractivity contribution in [2.24, 2.45) is 5.73 Å². The molecule has 1 atom stereocenters. The first-order valence-corrected chi connectivity index (χ1v) is 4.87. The highest BCUT2D eigenvalue weighted by Crippen LogP contribution is 2.33. The lowest BCUT2D eigenvalue weighted by molar-refractivity contribution is -0.149. The summed E-state index contributed by atoms with van der Waals surface area (Å²) in [5.74, 6) is 0. The Morgan fingerprint density at radius 2 is 2.00 bits per heavy atom. The van der Waals surface area contributed by atoms with Gasteiger partial charge in [-0.15, -0.1) is 0 Å². The molecule has 84 valence electrons. The van der Waals surface area contributed by atoms with Crippen molar-refractivity contribution in [3.05, 3.63) is 33.8 Å². The van der Waals surface area contributed by atoms with E-state index >= 15 is 0 Å². The summed E-state index contributed by atoms with van der Waals surface area (Å²) in [5, 5.41) is 8.91. The summed E-state index contributed by atoms with van der Waals surface area (Å²) in [7, 11) is 0. The van der Waals surface area contributed by atoms with Crippen molar-refractivity contribution >= 4 is 15.9 Å². The number of rotatable bonds is 2. The van der Waals surface area contributed by atoms with E-state index in [9.17, 15) is 13.2 Å². The second-order valence-electron chi connectivity index (χ2n) is 3.02.